The highest BCUT2D eigenvalue weighted by atomic mass is 35.5. The molecule has 0 radical (unpaired) electrons. The first kappa shape index (κ1) is 18.3. The third-order valence-electron chi connectivity index (χ3n) is 4.54. The fraction of sp³-hybridized carbons (Fsp3) is 0.300. The van der Waals surface area contributed by atoms with Crippen molar-refractivity contribution in [1.82, 2.24) is 4.90 Å². The minimum absolute atomic E-state index is 0.00625. The number of ether oxygens (including phenoxy) is 1. The molecule has 0 bridgehead atoms. The summed E-state index contributed by atoms with van der Waals surface area (Å²) in [7, 11) is 1.53. The second-order valence-corrected chi connectivity index (χ2v) is 6.86. The van der Waals surface area contributed by atoms with Crippen molar-refractivity contribution in [3.63, 3.8) is 0 Å². The molecule has 1 atom stereocenters. The molecule has 1 fully saturated rings. The monoisotopic (exact) mass is 372 g/mol. The number of halogens is 1. The van der Waals surface area contributed by atoms with Crippen LogP contribution in [0, 0.1) is 12.8 Å². The smallest absolute Gasteiger partial charge is 0.229 e. The number of carbonyl (C=O) groups excluding carboxylic acids is 2. The highest BCUT2D eigenvalue weighted by Crippen LogP contribution is 2.32. The van der Waals surface area contributed by atoms with Crippen LogP contribution in [0.1, 0.15) is 17.5 Å². The summed E-state index contributed by atoms with van der Waals surface area (Å²) in [5.41, 5.74) is 2.46. The van der Waals surface area contributed by atoms with Crippen LogP contribution in [0.3, 0.4) is 0 Å². The van der Waals surface area contributed by atoms with Gasteiger partial charge in [0.1, 0.15) is 5.75 Å². The molecule has 2 amide bonds. The van der Waals surface area contributed by atoms with E-state index in [9.17, 15) is 9.59 Å². The molecule has 1 heterocycles. The van der Waals surface area contributed by atoms with Gasteiger partial charge in [-0.15, -0.1) is 0 Å². The first-order chi connectivity index (χ1) is 12.5. The maximum atomic E-state index is 12.6. The van der Waals surface area contributed by atoms with Gasteiger partial charge in [-0.2, -0.15) is 0 Å². The van der Waals surface area contributed by atoms with Gasteiger partial charge in [0, 0.05) is 30.6 Å². The Labute approximate surface area is 157 Å². The zero-order chi connectivity index (χ0) is 18.7. The number of hydrogen-bond donors (Lipinski definition) is 1. The van der Waals surface area contributed by atoms with Crippen LogP contribution in [-0.2, 0) is 16.1 Å². The topological polar surface area (TPSA) is 58.6 Å². The van der Waals surface area contributed by atoms with E-state index in [-0.39, 0.29) is 24.2 Å². The van der Waals surface area contributed by atoms with Crippen LogP contribution < -0.4 is 10.1 Å². The van der Waals surface area contributed by atoms with E-state index in [1.54, 1.807) is 17.0 Å². The quantitative estimate of drug-likeness (QED) is 0.871. The average molecular weight is 373 g/mol. The van der Waals surface area contributed by atoms with Crippen LogP contribution in [0.15, 0.2) is 42.5 Å². The van der Waals surface area contributed by atoms with Gasteiger partial charge in [0.2, 0.25) is 11.8 Å². The minimum Gasteiger partial charge on any atom is -0.495 e. The molecule has 0 spiro atoms. The van der Waals surface area contributed by atoms with Crippen molar-refractivity contribution < 1.29 is 14.3 Å². The van der Waals surface area contributed by atoms with Gasteiger partial charge in [0.25, 0.3) is 0 Å². The summed E-state index contributed by atoms with van der Waals surface area (Å²) in [6.07, 6.45) is 0.216. The normalized spacial score (nSPS) is 16.7. The van der Waals surface area contributed by atoms with Crippen LogP contribution >= 0.6 is 11.6 Å². The molecule has 0 aromatic heterocycles. The van der Waals surface area contributed by atoms with Crippen molar-refractivity contribution in [2.24, 2.45) is 5.92 Å². The van der Waals surface area contributed by atoms with E-state index < -0.39 is 0 Å². The number of amides is 2. The van der Waals surface area contributed by atoms with Gasteiger partial charge in [-0.05, 0) is 24.1 Å². The van der Waals surface area contributed by atoms with Crippen LogP contribution in [0.5, 0.6) is 5.75 Å². The summed E-state index contributed by atoms with van der Waals surface area (Å²) in [4.78, 5) is 26.6. The zero-order valence-corrected chi connectivity index (χ0v) is 15.5. The second-order valence-electron chi connectivity index (χ2n) is 6.45. The largest absolute Gasteiger partial charge is 0.495 e. The van der Waals surface area contributed by atoms with Crippen LogP contribution in [0.2, 0.25) is 5.02 Å². The summed E-state index contributed by atoms with van der Waals surface area (Å²) in [6.45, 7) is 2.79. The molecule has 1 saturated heterocycles. The molecular formula is C20H21ClN2O3. The molecule has 2 aromatic rings. The maximum Gasteiger partial charge on any atom is 0.229 e. The summed E-state index contributed by atoms with van der Waals surface area (Å²) < 4.78 is 5.29. The van der Waals surface area contributed by atoms with Crippen molar-refractivity contribution in [1.29, 1.82) is 0 Å². The number of rotatable bonds is 5. The van der Waals surface area contributed by atoms with Gasteiger partial charge in [0.15, 0.2) is 0 Å². The number of carbonyl (C=O) groups is 2. The molecule has 5 nitrogen and oxygen atoms in total. The fourth-order valence-electron chi connectivity index (χ4n) is 3.07. The van der Waals surface area contributed by atoms with Gasteiger partial charge in [0.05, 0.1) is 18.7 Å². The predicted octanol–water partition coefficient (Wildman–Crippen LogP) is 3.64. The van der Waals surface area contributed by atoms with E-state index in [2.05, 4.69) is 5.32 Å². The third-order valence-corrected chi connectivity index (χ3v) is 4.95. The molecule has 6 heteroatoms. The Kier molecular flexibility index (Phi) is 5.47. The standard InChI is InChI=1S/C20H21ClN2O3/c1-13-8-17(18(26-2)10-16(13)21)22-20(25)15-9-19(24)23(12-15)11-14-6-4-3-5-7-14/h3-8,10,15H,9,11-12H2,1-2H3,(H,22,25)/t15-/m0/s1. The van der Waals surface area contributed by atoms with Crippen molar-refractivity contribution in [3.05, 3.63) is 58.6 Å². The SMILES string of the molecule is COc1cc(Cl)c(C)cc1NC(=O)[C@H]1CC(=O)N(Cc2ccccc2)C1. The Morgan fingerprint density at radius 3 is 2.73 bits per heavy atom. The number of methoxy groups -OCH3 is 1. The number of anilines is 1. The maximum absolute atomic E-state index is 12.6. The first-order valence-electron chi connectivity index (χ1n) is 8.44. The van der Waals surface area contributed by atoms with Crippen LogP contribution in [0.4, 0.5) is 5.69 Å². The Hall–Kier alpha value is -2.53. The molecular weight excluding hydrogens is 352 g/mol. The lowest BCUT2D eigenvalue weighted by Crippen LogP contribution is -2.28. The summed E-state index contributed by atoms with van der Waals surface area (Å²) in [6, 6.07) is 13.2. The molecule has 0 saturated carbocycles. The van der Waals surface area contributed by atoms with E-state index in [1.165, 1.54) is 7.11 Å². The van der Waals surface area contributed by atoms with Gasteiger partial charge >= 0.3 is 0 Å². The first-order valence-corrected chi connectivity index (χ1v) is 8.82. The Bertz CT molecular complexity index is 823. The minimum atomic E-state index is -0.382. The predicted molar refractivity (Wildman–Crippen MR) is 101 cm³/mol. The number of benzene rings is 2. The Morgan fingerprint density at radius 1 is 1.31 bits per heavy atom. The molecule has 0 aliphatic carbocycles. The van der Waals surface area contributed by atoms with Crippen molar-refractivity contribution in [2.75, 3.05) is 19.0 Å². The lowest BCUT2D eigenvalue weighted by atomic mass is 10.1. The molecule has 3 rings (SSSR count). The van der Waals surface area contributed by atoms with Crippen molar-refractivity contribution in [3.8, 4) is 5.75 Å². The van der Waals surface area contributed by atoms with Crippen LogP contribution in [0.25, 0.3) is 0 Å². The van der Waals surface area contributed by atoms with Crippen molar-refractivity contribution >= 4 is 29.1 Å². The molecule has 26 heavy (non-hydrogen) atoms. The number of nitrogens with zero attached hydrogens (tertiary/aromatic N) is 1. The Morgan fingerprint density at radius 2 is 2.04 bits per heavy atom. The molecule has 136 valence electrons. The van der Waals surface area contributed by atoms with Gasteiger partial charge in [-0.3, -0.25) is 9.59 Å². The lowest BCUT2D eigenvalue weighted by Gasteiger charge is -2.17. The van der Waals surface area contributed by atoms with E-state index in [1.807, 2.05) is 37.3 Å². The molecule has 0 unspecified atom stereocenters. The number of likely N-dealkylation sites (tertiary alicyclic amines) is 1. The van der Waals surface area contributed by atoms with E-state index >= 15 is 0 Å². The van der Waals surface area contributed by atoms with Crippen molar-refractivity contribution in [2.45, 2.75) is 19.9 Å². The third kappa shape index (κ3) is 3.99. The highest BCUT2D eigenvalue weighted by molar-refractivity contribution is 6.31. The van der Waals surface area contributed by atoms with Gasteiger partial charge in [-0.25, -0.2) is 0 Å². The Balaban J connectivity index is 1.68. The highest BCUT2D eigenvalue weighted by Gasteiger charge is 2.34. The van der Waals surface area contributed by atoms with Gasteiger partial charge in [-0.1, -0.05) is 41.9 Å². The second kappa shape index (κ2) is 7.79. The number of hydrogen-bond acceptors (Lipinski definition) is 3. The number of aryl methyl sites for hydroxylation is 1. The lowest BCUT2D eigenvalue weighted by molar-refractivity contribution is -0.128. The van der Waals surface area contributed by atoms with E-state index in [4.69, 9.17) is 16.3 Å². The van der Waals surface area contributed by atoms with E-state index in [0.29, 0.717) is 29.5 Å². The molecule has 1 aliphatic heterocycles. The molecule has 1 aliphatic rings. The fourth-order valence-corrected chi connectivity index (χ4v) is 3.22. The summed E-state index contributed by atoms with van der Waals surface area (Å²) in [5.74, 6) is -0.0755. The van der Waals surface area contributed by atoms with Gasteiger partial charge < -0.3 is 15.0 Å². The summed E-state index contributed by atoms with van der Waals surface area (Å²) >= 11 is 6.10. The zero-order valence-electron chi connectivity index (χ0n) is 14.8. The van der Waals surface area contributed by atoms with E-state index in [0.717, 1.165) is 11.1 Å². The average Bonchev–Trinajstić information content (AvgIpc) is 2.99. The van der Waals surface area contributed by atoms with Crippen LogP contribution in [-0.4, -0.2) is 30.4 Å². The number of nitrogens with one attached hydrogen (secondary N) is 1. The molecule has 2 aromatic carbocycles. The molecule has 1 N–H and O–H groups in total. The summed E-state index contributed by atoms with van der Waals surface area (Å²) in [5, 5.41) is 3.45.